The third-order valence-electron chi connectivity index (χ3n) is 2.08. The van der Waals surface area contributed by atoms with E-state index < -0.39 is 5.97 Å². The van der Waals surface area contributed by atoms with Gasteiger partial charge in [0.25, 0.3) is 0 Å². The minimum Gasteiger partial charge on any atom is -0.478 e. The van der Waals surface area contributed by atoms with Crippen LogP contribution in [0.15, 0.2) is 11.6 Å². The van der Waals surface area contributed by atoms with E-state index in [4.69, 9.17) is 5.11 Å². The van der Waals surface area contributed by atoms with Gasteiger partial charge >= 0.3 is 5.97 Å². The first-order valence-corrected chi connectivity index (χ1v) is 3.71. The second-order valence-corrected chi connectivity index (χ2v) is 3.02. The van der Waals surface area contributed by atoms with Gasteiger partial charge in [-0.3, -0.25) is 0 Å². The second-order valence-electron chi connectivity index (χ2n) is 3.02. The van der Waals surface area contributed by atoms with Crippen LogP contribution in [-0.2, 0) is 4.79 Å². The highest BCUT2D eigenvalue weighted by Gasteiger charge is 2.22. The molecule has 0 aromatic carbocycles. The number of hydrogen-bond acceptors (Lipinski definition) is 2. The van der Waals surface area contributed by atoms with Crippen molar-refractivity contribution in [1.82, 2.24) is 0 Å². The highest BCUT2D eigenvalue weighted by atomic mass is 16.4. The summed E-state index contributed by atoms with van der Waals surface area (Å²) < 4.78 is 0. The smallest absolute Gasteiger partial charge is 0.331 e. The van der Waals surface area contributed by atoms with E-state index in [0.29, 0.717) is 18.4 Å². The lowest BCUT2D eigenvalue weighted by Crippen LogP contribution is -2.23. The Hall–Kier alpha value is -0.830. The van der Waals surface area contributed by atoms with Crippen molar-refractivity contribution in [3.8, 4) is 0 Å². The van der Waals surface area contributed by atoms with Crippen LogP contribution in [0, 0.1) is 5.92 Å². The van der Waals surface area contributed by atoms with Crippen molar-refractivity contribution >= 4 is 5.97 Å². The van der Waals surface area contributed by atoms with E-state index in [1.807, 2.05) is 6.92 Å². The molecular weight excluding hydrogens is 144 g/mol. The van der Waals surface area contributed by atoms with E-state index in [9.17, 15) is 9.90 Å². The van der Waals surface area contributed by atoms with Crippen molar-refractivity contribution in [3.05, 3.63) is 11.6 Å². The zero-order valence-corrected chi connectivity index (χ0v) is 6.45. The fourth-order valence-corrected chi connectivity index (χ4v) is 1.24. The molecule has 1 rings (SSSR count). The number of aliphatic hydroxyl groups is 1. The Morgan fingerprint density at radius 2 is 2.36 bits per heavy atom. The van der Waals surface area contributed by atoms with Crippen molar-refractivity contribution in [2.75, 3.05) is 0 Å². The number of carbonyl (C=O) groups is 1. The van der Waals surface area contributed by atoms with Gasteiger partial charge in [-0.2, -0.15) is 0 Å². The molecule has 1 aliphatic rings. The normalized spacial score (nSPS) is 31.3. The maximum Gasteiger partial charge on any atom is 0.331 e. The van der Waals surface area contributed by atoms with Crippen LogP contribution in [0.3, 0.4) is 0 Å². The second kappa shape index (κ2) is 3.05. The van der Waals surface area contributed by atoms with Gasteiger partial charge in [-0.05, 0) is 18.8 Å². The summed E-state index contributed by atoms with van der Waals surface area (Å²) in [5.74, 6) is -0.783. The minimum absolute atomic E-state index is 0.0751. The van der Waals surface area contributed by atoms with Gasteiger partial charge in [-0.1, -0.05) is 13.0 Å². The summed E-state index contributed by atoms with van der Waals surface area (Å²) in [7, 11) is 0. The van der Waals surface area contributed by atoms with Crippen molar-refractivity contribution in [3.63, 3.8) is 0 Å². The van der Waals surface area contributed by atoms with E-state index in [1.165, 1.54) is 0 Å². The van der Waals surface area contributed by atoms with Crippen LogP contribution >= 0.6 is 0 Å². The summed E-state index contributed by atoms with van der Waals surface area (Å²) in [5.41, 5.74) is 0.433. The fourth-order valence-electron chi connectivity index (χ4n) is 1.24. The Bertz CT molecular complexity index is 196. The fraction of sp³-hybridized carbons (Fsp3) is 0.625. The number of carboxylic acids is 1. The van der Waals surface area contributed by atoms with Crippen molar-refractivity contribution in [2.45, 2.75) is 25.9 Å². The molecule has 2 atom stereocenters. The van der Waals surface area contributed by atoms with E-state index in [1.54, 1.807) is 6.08 Å². The van der Waals surface area contributed by atoms with Gasteiger partial charge in [0.15, 0.2) is 0 Å². The van der Waals surface area contributed by atoms with Gasteiger partial charge in [0.05, 0.1) is 6.10 Å². The molecular formula is C8H12O3. The lowest BCUT2D eigenvalue weighted by atomic mass is 9.88. The molecule has 11 heavy (non-hydrogen) atoms. The number of aliphatic carboxylic acids is 1. The number of aliphatic hydroxyl groups excluding tert-OH is 1. The molecule has 0 bridgehead atoms. The highest BCUT2D eigenvalue weighted by molar-refractivity contribution is 5.86. The Morgan fingerprint density at radius 1 is 1.73 bits per heavy atom. The zero-order chi connectivity index (χ0) is 8.43. The van der Waals surface area contributed by atoms with Crippen LogP contribution < -0.4 is 0 Å². The van der Waals surface area contributed by atoms with Crippen LogP contribution in [0.25, 0.3) is 0 Å². The third-order valence-corrected chi connectivity index (χ3v) is 2.08. The summed E-state index contributed by atoms with van der Waals surface area (Å²) in [4.78, 5) is 10.5. The average molecular weight is 156 g/mol. The first-order valence-electron chi connectivity index (χ1n) is 3.71. The molecule has 0 saturated heterocycles. The summed E-state index contributed by atoms with van der Waals surface area (Å²) in [6.07, 6.45) is 2.20. The molecule has 0 aromatic rings. The molecule has 1 aliphatic carbocycles. The van der Waals surface area contributed by atoms with E-state index in [2.05, 4.69) is 0 Å². The minimum atomic E-state index is -0.858. The van der Waals surface area contributed by atoms with Crippen LogP contribution in [0.4, 0.5) is 0 Å². The standard InChI is InChI=1S/C8H12O3/c1-5-4-6(8(10)11)2-3-7(5)9/h2,5,7,9H,3-4H2,1H3,(H,10,11). The Kier molecular flexibility index (Phi) is 2.29. The van der Waals surface area contributed by atoms with Crippen LogP contribution in [0.2, 0.25) is 0 Å². The summed E-state index contributed by atoms with van der Waals surface area (Å²) in [5, 5.41) is 17.8. The third kappa shape index (κ3) is 1.80. The molecule has 2 unspecified atom stereocenters. The SMILES string of the molecule is CC1CC(C(=O)O)=CCC1O. The van der Waals surface area contributed by atoms with E-state index >= 15 is 0 Å². The Balaban J connectivity index is 2.66. The number of rotatable bonds is 1. The first kappa shape index (κ1) is 8.27. The topological polar surface area (TPSA) is 57.5 Å². The largest absolute Gasteiger partial charge is 0.478 e. The van der Waals surface area contributed by atoms with Gasteiger partial charge in [-0.25, -0.2) is 4.79 Å². The maximum absolute atomic E-state index is 10.5. The van der Waals surface area contributed by atoms with Gasteiger partial charge in [0, 0.05) is 5.57 Å². The van der Waals surface area contributed by atoms with Crippen molar-refractivity contribution in [2.24, 2.45) is 5.92 Å². The molecule has 3 heteroatoms. The molecule has 0 aromatic heterocycles. The van der Waals surface area contributed by atoms with Gasteiger partial charge in [-0.15, -0.1) is 0 Å². The van der Waals surface area contributed by atoms with Gasteiger partial charge in [0.2, 0.25) is 0 Å². The lowest BCUT2D eigenvalue weighted by molar-refractivity contribution is -0.133. The molecule has 0 saturated carbocycles. The predicted molar refractivity (Wildman–Crippen MR) is 40.1 cm³/mol. The van der Waals surface area contributed by atoms with Crippen LogP contribution in [-0.4, -0.2) is 22.3 Å². The number of carboxylic acid groups (broad SMARTS) is 1. The molecule has 2 N–H and O–H groups in total. The lowest BCUT2D eigenvalue weighted by Gasteiger charge is -2.22. The Labute approximate surface area is 65.3 Å². The first-order chi connectivity index (χ1) is 5.11. The summed E-state index contributed by atoms with van der Waals surface area (Å²) >= 11 is 0. The van der Waals surface area contributed by atoms with Crippen LogP contribution in [0.1, 0.15) is 19.8 Å². The summed E-state index contributed by atoms with van der Waals surface area (Å²) in [6, 6.07) is 0. The van der Waals surface area contributed by atoms with Gasteiger partial charge in [0.1, 0.15) is 0 Å². The van der Waals surface area contributed by atoms with E-state index in [0.717, 1.165) is 0 Å². The quantitative estimate of drug-likeness (QED) is 0.590. The molecule has 0 radical (unpaired) electrons. The van der Waals surface area contributed by atoms with Crippen molar-refractivity contribution in [1.29, 1.82) is 0 Å². The molecule has 0 spiro atoms. The maximum atomic E-state index is 10.5. The zero-order valence-electron chi connectivity index (χ0n) is 6.45. The van der Waals surface area contributed by atoms with E-state index in [-0.39, 0.29) is 12.0 Å². The average Bonchev–Trinajstić information content (AvgIpc) is 1.94. The molecule has 62 valence electrons. The number of hydrogen-bond donors (Lipinski definition) is 2. The molecule has 0 heterocycles. The molecule has 3 nitrogen and oxygen atoms in total. The molecule has 0 aliphatic heterocycles. The van der Waals surface area contributed by atoms with Crippen molar-refractivity contribution < 1.29 is 15.0 Å². The predicted octanol–water partition coefficient (Wildman–Crippen LogP) is 0.788. The summed E-state index contributed by atoms with van der Waals surface area (Å²) in [6.45, 7) is 1.86. The monoisotopic (exact) mass is 156 g/mol. The molecule has 0 fully saturated rings. The molecule has 0 amide bonds. The highest BCUT2D eigenvalue weighted by Crippen LogP contribution is 2.23. The van der Waals surface area contributed by atoms with Gasteiger partial charge < -0.3 is 10.2 Å². The van der Waals surface area contributed by atoms with Crippen LogP contribution in [0.5, 0.6) is 0 Å². The Morgan fingerprint density at radius 3 is 2.82 bits per heavy atom.